The minimum atomic E-state index is -3.81. The normalized spacial score (nSPS) is 19.7. The average Bonchev–Trinajstić information content (AvgIpc) is 2.94. The molecule has 0 N–H and O–H groups in total. The molecule has 0 aliphatic carbocycles. The molecule has 1 fully saturated rings. The SMILES string of the molecule is Cc1ccc2c(n1)C1CN(S(=O)(=O)c3cccc(OCF)c3)CCN1C2=O. The molecular weight excluding hydrogens is 373 g/mol. The topological polar surface area (TPSA) is 79.8 Å². The Labute approximate surface area is 156 Å². The third kappa shape index (κ3) is 2.96. The second kappa shape index (κ2) is 6.58. The zero-order valence-corrected chi connectivity index (χ0v) is 15.4. The summed E-state index contributed by atoms with van der Waals surface area (Å²) >= 11 is 0. The smallest absolute Gasteiger partial charge is 0.256 e. The summed E-state index contributed by atoms with van der Waals surface area (Å²) in [5.74, 6) is 0.0359. The molecule has 1 aromatic heterocycles. The molecule has 9 heteroatoms. The van der Waals surface area contributed by atoms with Gasteiger partial charge >= 0.3 is 0 Å². The van der Waals surface area contributed by atoms with Crippen molar-refractivity contribution >= 4 is 15.9 Å². The number of halogens is 1. The van der Waals surface area contributed by atoms with Crippen molar-refractivity contribution in [1.82, 2.24) is 14.2 Å². The first-order valence-corrected chi connectivity index (χ1v) is 9.93. The molecule has 1 unspecified atom stereocenters. The van der Waals surface area contributed by atoms with Crippen molar-refractivity contribution in [3.05, 3.63) is 53.3 Å². The van der Waals surface area contributed by atoms with E-state index in [9.17, 15) is 17.6 Å². The van der Waals surface area contributed by atoms with Crippen molar-refractivity contribution in [1.29, 1.82) is 0 Å². The number of ether oxygens (including phenoxy) is 1. The highest BCUT2D eigenvalue weighted by molar-refractivity contribution is 7.89. The Morgan fingerprint density at radius 2 is 2.07 bits per heavy atom. The van der Waals surface area contributed by atoms with E-state index in [1.54, 1.807) is 17.0 Å². The van der Waals surface area contributed by atoms with Gasteiger partial charge in [-0.1, -0.05) is 6.07 Å². The van der Waals surface area contributed by atoms with Crippen molar-refractivity contribution in [2.24, 2.45) is 0 Å². The summed E-state index contributed by atoms with van der Waals surface area (Å²) in [5.41, 5.74) is 1.93. The molecule has 7 nitrogen and oxygen atoms in total. The van der Waals surface area contributed by atoms with Crippen LogP contribution in [0.1, 0.15) is 27.8 Å². The number of sulfonamides is 1. The first-order chi connectivity index (χ1) is 12.9. The lowest BCUT2D eigenvalue weighted by Gasteiger charge is -2.36. The van der Waals surface area contributed by atoms with Crippen LogP contribution in [0.2, 0.25) is 0 Å². The highest BCUT2D eigenvalue weighted by atomic mass is 32.2. The van der Waals surface area contributed by atoms with E-state index < -0.39 is 22.9 Å². The molecular formula is C18H18FN3O4S. The summed E-state index contributed by atoms with van der Waals surface area (Å²) in [6.45, 7) is 1.41. The number of carbonyl (C=O) groups excluding carboxylic acids is 1. The zero-order chi connectivity index (χ0) is 19.2. The third-order valence-corrected chi connectivity index (χ3v) is 6.74. The lowest BCUT2D eigenvalue weighted by molar-refractivity contribution is 0.0625. The Hall–Kier alpha value is -2.52. The number of pyridine rings is 1. The number of fused-ring (bicyclic) bond motifs is 3. The summed E-state index contributed by atoms with van der Waals surface area (Å²) < 4.78 is 44.6. The van der Waals surface area contributed by atoms with Crippen LogP contribution >= 0.6 is 0 Å². The van der Waals surface area contributed by atoms with E-state index in [0.29, 0.717) is 17.8 Å². The number of alkyl halides is 1. The molecule has 2 aliphatic rings. The van der Waals surface area contributed by atoms with Gasteiger partial charge in [0.05, 0.1) is 22.2 Å². The number of hydrogen-bond donors (Lipinski definition) is 0. The van der Waals surface area contributed by atoms with Crippen LogP contribution in [0.25, 0.3) is 0 Å². The number of amides is 1. The van der Waals surface area contributed by atoms with Crippen molar-refractivity contribution in [2.45, 2.75) is 17.9 Å². The van der Waals surface area contributed by atoms with E-state index in [1.807, 2.05) is 6.92 Å². The van der Waals surface area contributed by atoms with Gasteiger partial charge in [-0.25, -0.2) is 12.8 Å². The number of hydrogen-bond acceptors (Lipinski definition) is 5. The van der Waals surface area contributed by atoms with Crippen LogP contribution in [0.15, 0.2) is 41.3 Å². The molecule has 1 saturated heterocycles. The van der Waals surface area contributed by atoms with E-state index in [2.05, 4.69) is 4.98 Å². The van der Waals surface area contributed by atoms with E-state index in [0.717, 1.165) is 5.69 Å². The number of rotatable bonds is 4. The van der Waals surface area contributed by atoms with Crippen LogP contribution in [-0.4, -0.2) is 55.0 Å². The Morgan fingerprint density at radius 3 is 2.85 bits per heavy atom. The summed E-state index contributed by atoms with van der Waals surface area (Å²) in [4.78, 5) is 18.7. The Morgan fingerprint density at radius 1 is 1.26 bits per heavy atom. The second-order valence-corrected chi connectivity index (χ2v) is 8.43. The van der Waals surface area contributed by atoms with Crippen LogP contribution in [-0.2, 0) is 10.0 Å². The van der Waals surface area contributed by atoms with Crippen LogP contribution < -0.4 is 4.74 Å². The maximum absolute atomic E-state index is 13.0. The van der Waals surface area contributed by atoms with Crippen molar-refractivity contribution in [3.8, 4) is 5.75 Å². The number of aryl methyl sites for hydroxylation is 1. The highest BCUT2D eigenvalue weighted by Gasteiger charge is 2.44. The fourth-order valence-electron chi connectivity index (χ4n) is 3.56. The lowest BCUT2D eigenvalue weighted by atomic mass is 10.1. The van der Waals surface area contributed by atoms with E-state index in [-0.39, 0.29) is 29.6 Å². The van der Waals surface area contributed by atoms with Crippen LogP contribution in [0, 0.1) is 6.92 Å². The van der Waals surface area contributed by atoms with Crippen LogP contribution in [0.5, 0.6) is 5.75 Å². The van der Waals surface area contributed by atoms with Gasteiger partial charge < -0.3 is 9.64 Å². The Bertz CT molecular complexity index is 1010. The van der Waals surface area contributed by atoms with Gasteiger partial charge in [0, 0.05) is 31.4 Å². The average molecular weight is 391 g/mol. The molecule has 2 aliphatic heterocycles. The molecule has 2 aromatic rings. The molecule has 142 valence electrons. The fraction of sp³-hybridized carbons (Fsp3) is 0.333. The fourth-order valence-corrected chi connectivity index (χ4v) is 5.03. The maximum atomic E-state index is 13.0. The van der Waals surface area contributed by atoms with E-state index in [4.69, 9.17) is 4.74 Å². The second-order valence-electron chi connectivity index (χ2n) is 6.49. The minimum absolute atomic E-state index is 0.0312. The van der Waals surface area contributed by atoms with Gasteiger partial charge in [0.2, 0.25) is 16.9 Å². The number of carbonyl (C=O) groups is 1. The number of aromatic nitrogens is 1. The minimum Gasteiger partial charge on any atom is -0.463 e. The first kappa shape index (κ1) is 17.9. The van der Waals surface area contributed by atoms with Crippen molar-refractivity contribution < 1.29 is 22.3 Å². The molecule has 27 heavy (non-hydrogen) atoms. The predicted molar refractivity (Wildman–Crippen MR) is 94.6 cm³/mol. The van der Waals surface area contributed by atoms with Gasteiger partial charge in [0.25, 0.3) is 5.91 Å². The molecule has 4 rings (SSSR count). The van der Waals surface area contributed by atoms with E-state index in [1.165, 1.54) is 28.6 Å². The standard InChI is InChI=1S/C18H18FN3O4S/c1-12-5-6-15-17(20-12)16-10-21(7-8-22(16)18(15)23)27(24,25)14-4-2-3-13(9-14)26-11-19/h2-6,9,16H,7-8,10-11H2,1H3. The van der Waals surface area contributed by atoms with Gasteiger partial charge in [-0.05, 0) is 31.2 Å². The van der Waals surface area contributed by atoms with Gasteiger partial charge in [-0.2, -0.15) is 4.31 Å². The molecule has 1 amide bonds. The van der Waals surface area contributed by atoms with Gasteiger partial charge in [0.15, 0.2) is 0 Å². The molecule has 0 radical (unpaired) electrons. The molecule has 0 saturated carbocycles. The van der Waals surface area contributed by atoms with E-state index >= 15 is 0 Å². The third-order valence-electron chi connectivity index (χ3n) is 4.88. The molecule has 1 aromatic carbocycles. The monoisotopic (exact) mass is 391 g/mol. The highest BCUT2D eigenvalue weighted by Crippen LogP contribution is 2.36. The van der Waals surface area contributed by atoms with Crippen LogP contribution in [0.4, 0.5) is 4.39 Å². The quantitative estimate of drug-likeness (QED) is 0.795. The number of nitrogens with zero attached hydrogens (tertiary/aromatic N) is 3. The number of piperazine rings is 1. The van der Waals surface area contributed by atoms with Gasteiger partial charge in [-0.3, -0.25) is 9.78 Å². The largest absolute Gasteiger partial charge is 0.463 e. The Balaban J connectivity index is 1.65. The first-order valence-electron chi connectivity index (χ1n) is 8.49. The summed E-state index contributed by atoms with van der Waals surface area (Å²) in [5, 5.41) is 0. The molecule has 3 heterocycles. The molecule has 0 spiro atoms. The van der Waals surface area contributed by atoms with Gasteiger partial charge in [-0.15, -0.1) is 0 Å². The maximum Gasteiger partial charge on any atom is 0.256 e. The zero-order valence-electron chi connectivity index (χ0n) is 14.6. The lowest BCUT2D eigenvalue weighted by Crippen LogP contribution is -2.49. The summed E-state index contributed by atoms with van der Waals surface area (Å²) in [6, 6.07) is 8.87. The van der Waals surface area contributed by atoms with Crippen LogP contribution in [0.3, 0.4) is 0 Å². The van der Waals surface area contributed by atoms with Crippen molar-refractivity contribution in [3.63, 3.8) is 0 Å². The Kier molecular flexibility index (Phi) is 4.35. The summed E-state index contributed by atoms with van der Waals surface area (Å²) in [6.07, 6.45) is 0. The van der Waals surface area contributed by atoms with Crippen molar-refractivity contribution in [2.75, 3.05) is 26.5 Å². The summed E-state index contributed by atoms with van der Waals surface area (Å²) in [7, 11) is -3.81. The molecule has 0 bridgehead atoms. The molecule has 1 atom stereocenters. The predicted octanol–water partition coefficient (Wildman–Crippen LogP) is 1.90. The number of benzene rings is 1. The van der Waals surface area contributed by atoms with Gasteiger partial charge in [0.1, 0.15) is 5.75 Å².